The third kappa shape index (κ3) is 6.10. The Bertz CT molecular complexity index is 991. The lowest BCUT2D eigenvalue weighted by Gasteiger charge is -2.16. The van der Waals surface area contributed by atoms with Gasteiger partial charge in [-0.3, -0.25) is 0 Å². The maximum Gasteiger partial charge on any atom is 0.421 e. The van der Waals surface area contributed by atoms with Crippen LogP contribution in [-0.4, -0.2) is 17.1 Å². The molecule has 2 aromatic carbocycles. The van der Waals surface area contributed by atoms with Crippen LogP contribution in [-0.2, 0) is 12.6 Å². The topological polar surface area (TPSA) is 59.1 Å². The van der Waals surface area contributed by atoms with Crippen molar-refractivity contribution in [2.75, 3.05) is 17.7 Å². The van der Waals surface area contributed by atoms with Gasteiger partial charge in [-0.15, -0.1) is 0 Å². The lowest BCUT2D eigenvalue weighted by Crippen LogP contribution is -2.13. The zero-order chi connectivity index (χ0) is 22.3. The molecule has 0 aliphatic carbocycles. The number of ether oxygens (including phenoxy) is 1. The Hall–Kier alpha value is -3.29. The number of anilines is 4. The fourth-order valence-corrected chi connectivity index (χ4v) is 3.08. The van der Waals surface area contributed by atoms with E-state index in [0.29, 0.717) is 17.1 Å². The normalized spacial score (nSPS) is 11.3. The third-order valence-electron chi connectivity index (χ3n) is 4.73. The van der Waals surface area contributed by atoms with Crippen molar-refractivity contribution in [1.29, 1.82) is 0 Å². The molecule has 0 saturated heterocycles. The van der Waals surface area contributed by atoms with E-state index in [1.807, 2.05) is 24.3 Å². The van der Waals surface area contributed by atoms with Gasteiger partial charge in [0, 0.05) is 11.9 Å². The fourth-order valence-electron chi connectivity index (χ4n) is 3.08. The van der Waals surface area contributed by atoms with E-state index in [1.54, 1.807) is 24.3 Å². The molecule has 0 fully saturated rings. The van der Waals surface area contributed by atoms with Crippen molar-refractivity contribution in [2.24, 2.45) is 0 Å². The van der Waals surface area contributed by atoms with Gasteiger partial charge in [-0.25, -0.2) is 4.98 Å². The first-order valence-corrected chi connectivity index (χ1v) is 10.1. The smallest absolute Gasteiger partial charge is 0.421 e. The van der Waals surface area contributed by atoms with Gasteiger partial charge in [-0.05, 0) is 42.7 Å². The average Bonchev–Trinajstić information content (AvgIpc) is 2.75. The highest BCUT2D eigenvalue weighted by atomic mass is 19.4. The maximum atomic E-state index is 13.5. The summed E-state index contributed by atoms with van der Waals surface area (Å²) in [5.41, 5.74) is 1.32. The van der Waals surface area contributed by atoms with Crippen molar-refractivity contribution in [1.82, 2.24) is 9.97 Å². The largest absolute Gasteiger partial charge is 0.495 e. The van der Waals surface area contributed by atoms with E-state index >= 15 is 0 Å². The van der Waals surface area contributed by atoms with Crippen LogP contribution in [0.5, 0.6) is 5.75 Å². The number of aromatic nitrogens is 2. The van der Waals surface area contributed by atoms with E-state index in [1.165, 1.54) is 19.1 Å². The molecule has 31 heavy (non-hydrogen) atoms. The average molecular weight is 430 g/mol. The number of unbranched alkanes of at least 4 members (excludes halogenated alkanes) is 2. The Balaban J connectivity index is 1.83. The standard InChI is InChI=1S/C23H25F3N4O/c1-3-4-5-8-16-11-13-17(14-12-16)28-22-27-15-18(23(24,25)26)21(30-22)29-19-9-6-7-10-20(19)31-2/h6-7,9-15H,3-5,8H2,1-2H3,(H2,27,28,29,30). The summed E-state index contributed by atoms with van der Waals surface area (Å²) in [6.07, 6.45) is 0.633. The number of nitrogens with one attached hydrogen (secondary N) is 2. The second kappa shape index (κ2) is 10.1. The minimum atomic E-state index is -4.61. The molecule has 5 nitrogen and oxygen atoms in total. The Kier molecular flexibility index (Phi) is 7.33. The predicted octanol–water partition coefficient (Wildman–Crippen LogP) is 6.72. The highest BCUT2D eigenvalue weighted by Crippen LogP contribution is 2.37. The van der Waals surface area contributed by atoms with Gasteiger partial charge in [0.05, 0.1) is 12.8 Å². The first-order valence-electron chi connectivity index (χ1n) is 10.1. The molecule has 1 aromatic heterocycles. The summed E-state index contributed by atoms with van der Waals surface area (Å²) in [7, 11) is 1.45. The van der Waals surface area contributed by atoms with Crippen molar-refractivity contribution in [3.63, 3.8) is 0 Å². The number of para-hydroxylation sites is 2. The molecule has 0 saturated carbocycles. The first-order chi connectivity index (χ1) is 14.9. The Labute approximate surface area is 179 Å². The first kappa shape index (κ1) is 22.4. The summed E-state index contributed by atoms with van der Waals surface area (Å²) >= 11 is 0. The number of rotatable bonds is 9. The van der Waals surface area contributed by atoms with Gasteiger partial charge in [0.25, 0.3) is 0 Å². The third-order valence-corrected chi connectivity index (χ3v) is 4.73. The van der Waals surface area contributed by atoms with Crippen LogP contribution >= 0.6 is 0 Å². The van der Waals surface area contributed by atoms with Gasteiger partial charge < -0.3 is 15.4 Å². The second-order valence-electron chi connectivity index (χ2n) is 7.06. The predicted molar refractivity (Wildman–Crippen MR) is 116 cm³/mol. The van der Waals surface area contributed by atoms with Crippen LogP contribution in [0.4, 0.5) is 36.3 Å². The van der Waals surface area contributed by atoms with Crippen LogP contribution in [0.15, 0.2) is 54.7 Å². The van der Waals surface area contributed by atoms with Gasteiger partial charge in [0.2, 0.25) is 5.95 Å². The number of benzene rings is 2. The Morgan fingerprint density at radius 2 is 1.71 bits per heavy atom. The van der Waals surface area contributed by atoms with E-state index in [0.717, 1.165) is 25.5 Å². The zero-order valence-corrected chi connectivity index (χ0v) is 17.5. The molecule has 0 radical (unpaired) electrons. The van der Waals surface area contributed by atoms with E-state index in [4.69, 9.17) is 4.74 Å². The SMILES string of the molecule is CCCCCc1ccc(Nc2ncc(C(F)(F)F)c(Nc3ccccc3OC)n2)cc1. The van der Waals surface area contributed by atoms with Crippen molar-refractivity contribution in [3.8, 4) is 5.75 Å². The van der Waals surface area contributed by atoms with Crippen LogP contribution in [0.1, 0.15) is 37.3 Å². The van der Waals surface area contributed by atoms with E-state index in [2.05, 4.69) is 27.5 Å². The monoisotopic (exact) mass is 430 g/mol. The number of hydrogen-bond acceptors (Lipinski definition) is 5. The lowest BCUT2D eigenvalue weighted by molar-refractivity contribution is -0.137. The van der Waals surface area contributed by atoms with Gasteiger partial charge in [-0.2, -0.15) is 18.2 Å². The molecule has 0 unspecified atom stereocenters. The summed E-state index contributed by atoms with van der Waals surface area (Å²) in [6.45, 7) is 2.16. The van der Waals surface area contributed by atoms with Crippen LogP contribution in [0.2, 0.25) is 0 Å². The summed E-state index contributed by atoms with van der Waals surface area (Å²) in [6, 6.07) is 14.4. The van der Waals surface area contributed by atoms with Gasteiger partial charge in [-0.1, -0.05) is 44.0 Å². The number of methoxy groups -OCH3 is 1. The van der Waals surface area contributed by atoms with E-state index in [-0.39, 0.29) is 11.8 Å². The van der Waals surface area contributed by atoms with Crippen molar-refractivity contribution in [2.45, 2.75) is 38.8 Å². The van der Waals surface area contributed by atoms with Crippen molar-refractivity contribution < 1.29 is 17.9 Å². The van der Waals surface area contributed by atoms with Gasteiger partial charge >= 0.3 is 6.18 Å². The highest BCUT2D eigenvalue weighted by molar-refractivity contribution is 5.67. The fraction of sp³-hybridized carbons (Fsp3) is 0.304. The maximum absolute atomic E-state index is 13.5. The molecule has 2 N–H and O–H groups in total. The summed E-state index contributed by atoms with van der Waals surface area (Å²) < 4.78 is 45.7. The molecule has 0 amide bonds. The molecule has 8 heteroatoms. The molecule has 0 bridgehead atoms. The molecule has 0 aliphatic rings. The summed E-state index contributed by atoms with van der Waals surface area (Å²) in [4.78, 5) is 7.93. The number of halogens is 3. The summed E-state index contributed by atoms with van der Waals surface area (Å²) in [5, 5.41) is 5.70. The van der Waals surface area contributed by atoms with Crippen molar-refractivity contribution >= 4 is 23.1 Å². The summed E-state index contributed by atoms with van der Waals surface area (Å²) in [5.74, 6) is 0.109. The Morgan fingerprint density at radius 1 is 0.968 bits per heavy atom. The number of alkyl halides is 3. The van der Waals surface area contributed by atoms with Gasteiger partial charge in [0.15, 0.2) is 0 Å². The van der Waals surface area contributed by atoms with Gasteiger partial charge in [0.1, 0.15) is 17.1 Å². The molecular weight excluding hydrogens is 405 g/mol. The lowest BCUT2D eigenvalue weighted by atomic mass is 10.1. The van der Waals surface area contributed by atoms with Crippen molar-refractivity contribution in [3.05, 3.63) is 65.9 Å². The van der Waals surface area contributed by atoms with Crippen LogP contribution < -0.4 is 15.4 Å². The molecular formula is C23H25F3N4O. The molecule has 0 aliphatic heterocycles. The van der Waals surface area contributed by atoms with E-state index < -0.39 is 11.7 Å². The molecule has 3 rings (SSSR count). The number of hydrogen-bond donors (Lipinski definition) is 2. The zero-order valence-electron chi connectivity index (χ0n) is 17.5. The molecule has 0 atom stereocenters. The quantitative estimate of drug-likeness (QED) is 0.369. The molecule has 3 aromatic rings. The highest BCUT2D eigenvalue weighted by Gasteiger charge is 2.35. The minimum Gasteiger partial charge on any atom is -0.495 e. The molecule has 164 valence electrons. The molecule has 0 spiro atoms. The number of aryl methyl sites for hydroxylation is 1. The minimum absolute atomic E-state index is 0.0594. The van der Waals surface area contributed by atoms with Crippen LogP contribution in [0.25, 0.3) is 0 Å². The molecule has 1 heterocycles. The van der Waals surface area contributed by atoms with Crippen LogP contribution in [0, 0.1) is 0 Å². The van der Waals surface area contributed by atoms with Crippen LogP contribution in [0.3, 0.4) is 0 Å². The Morgan fingerprint density at radius 3 is 2.39 bits per heavy atom. The van der Waals surface area contributed by atoms with E-state index in [9.17, 15) is 13.2 Å². The number of nitrogens with zero attached hydrogens (tertiary/aromatic N) is 2. The second-order valence-corrected chi connectivity index (χ2v) is 7.06.